The maximum absolute atomic E-state index is 11.2. The van der Waals surface area contributed by atoms with Crippen LogP contribution in [0.25, 0.3) is 11.0 Å². The van der Waals surface area contributed by atoms with Crippen LogP contribution in [-0.2, 0) is 4.74 Å². The standard InChI is InChI=1S/C14H16N4O2/c19-13-16-9-14(20-13)4-7-18(8-5-14)11-2-1-10-3-6-15-12(10)17-11/h1-3,6H,4-5,7-9H2,(H,15,17)(H,16,19). The third kappa shape index (κ3) is 1.79. The van der Waals surface area contributed by atoms with Crippen molar-refractivity contribution in [2.75, 3.05) is 24.5 Å². The first-order valence-corrected chi connectivity index (χ1v) is 6.90. The number of anilines is 1. The topological polar surface area (TPSA) is 70.2 Å². The van der Waals surface area contributed by atoms with E-state index in [1.165, 1.54) is 0 Å². The second-order valence-electron chi connectivity index (χ2n) is 5.50. The van der Waals surface area contributed by atoms with Crippen LogP contribution >= 0.6 is 0 Å². The smallest absolute Gasteiger partial charge is 0.407 e. The number of ether oxygens (including phenoxy) is 1. The summed E-state index contributed by atoms with van der Waals surface area (Å²) < 4.78 is 5.43. The molecule has 2 aromatic rings. The Morgan fingerprint density at radius 3 is 2.85 bits per heavy atom. The maximum Gasteiger partial charge on any atom is 0.407 e. The summed E-state index contributed by atoms with van der Waals surface area (Å²) >= 11 is 0. The molecule has 6 heteroatoms. The summed E-state index contributed by atoms with van der Waals surface area (Å²) in [6.45, 7) is 2.34. The Kier molecular flexibility index (Phi) is 2.39. The van der Waals surface area contributed by atoms with Gasteiger partial charge in [0, 0.05) is 37.5 Å². The first-order valence-electron chi connectivity index (χ1n) is 6.90. The fourth-order valence-electron chi connectivity index (χ4n) is 3.02. The molecule has 20 heavy (non-hydrogen) atoms. The van der Waals surface area contributed by atoms with Crippen molar-refractivity contribution in [1.29, 1.82) is 0 Å². The van der Waals surface area contributed by atoms with Gasteiger partial charge in [0.2, 0.25) is 0 Å². The lowest BCUT2D eigenvalue weighted by atomic mass is 9.92. The summed E-state index contributed by atoms with van der Waals surface area (Å²) in [5.74, 6) is 0.979. The van der Waals surface area contributed by atoms with Crippen LogP contribution in [0, 0.1) is 0 Å². The fourth-order valence-corrected chi connectivity index (χ4v) is 3.02. The number of pyridine rings is 1. The molecule has 0 radical (unpaired) electrons. The number of carbonyl (C=O) groups is 1. The van der Waals surface area contributed by atoms with Gasteiger partial charge in [-0.15, -0.1) is 0 Å². The van der Waals surface area contributed by atoms with Crippen molar-refractivity contribution >= 4 is 22.9 Å². The number of nitrogens with one attached hydrogen (secondary N) is 2. The Bertz CT molecular complexity index is 658. The highest BCUT2D eigenvalue weighted by Crippen LogP contribution is 2.31. The minimum atomic E-state index is -0.301. The number of rotatable bonds is 1. The molecule has 0 aromatic carbocycles. The number of nitrogens with zero attached hydrogens (tertiary/aromatic N) is 2. The molecule has 0 unspecified atom stereocenters. The monoisotopic (exact) mass is 272 g/mol. The molecule has 2 N–H and O–H groups in total. The average molecular weight is 272 g/mol. The van der Waals surface area contributed by atoms with Crippen LogP contribution in [0.15, 0.2) is 24.4 Å². The number of fused-ring (bicyclic) bond motifs is 1. The first-order chi connectivity index (χ1) is 9.74. The fraction of sp³-hybridized carbons (Fsp3) is 0.429. The number of hydrogen-bond acceptors (Lipinski definition) is 4. The minimum absolute atomic E-state index is 0.288. The van der Waals surface area contributed by atoms with Gasteiger partial charge in [0.1, 0.15) is 17.1 Å². The molecular formula is C14H16N4O2. The van der Waals surface area contributed by atoms with Gasteiger partial charge in [0.25, 0.3) is 0 Å². The lowest BCUT2D eigenvalue weighted by molar-refractivity contribution is 0.0366. The molecule has 0 atom stereocenters. The first kappa shape index (κ1) is 11.6. The van der Waals surface area contributed by atoms with Crippen LogP contribution in [0.2, 0.25) is 0 Å². The Morgan fingerprint density at radius 1 is 1.25 bits per heavy atom. The van der Waals surface area contributed by atoms with Gasteiger partial charge in [0.05, 0.1) is 6.54 Å². The van der Waals surface area contributed by atoms with Crippen molar-refractivity contribution in [3.63, 3.8) is 0 Å². The molecule has 0 aliphatic carbocycles. The molecular weight excluding hydrogens is 256 g/mol. The van der Waals surface area contributed by atoms with Gasteiger partial charge in [-0.05, 0) is 18.2 Å². The van der Waals surface area contributed by atoms with Crippen LogP contribution in [0.4, 0.5) is 10.6 Å². The van der Waals surface area contributed by atoms with Gasteiger partial charge in [-0.2, -0.15) is 0 Å². The molecule has 2 fully saturated rings. The molecule has 0 saturated carbocycles. The van der Waals surface area contributed by atoms with Crippen LogP contribution in [0.1, 0.15) is 12.8 Å². The van der Waals surface area contributed by atoms with Crippen LogP contribution < -0.4 is 10.2 Å². The van der Waals surface area contributed by atoms with Crippen molar-refractivity contribution in [1.82, 2.24) is 15.3 Å². The average Bonchev–Trinajstić information content (AvgIpc) is 3.06. The highest BCUT2D eigenvalue weighted by atomic mass is 16.6. The van der Waals surface area contributed by atoms with E-state index in [9.17, 15) is 4.79 Å². The number of alkyl carbamates (subject to hydrolysis) is 1. The molecule has 4 heterocycles. The van der Waals surface area contributed by atoms with Crippen molar-refractivity contribution in [2.45, 2.75) is 18.4 Å². The Morgan fingerprint density at radius 2 is 2.10 bits per heavy atom. The minimum Gasteiger partial charge on any atom is -0.441 e. The van der Waals surface area contributed by atoms with Gasteiger partial charge in [-0.3, -0.25) is 0 Å². The van der Waals surface area contributed by atoms with Gasteiger partial charge < -0.3 is 19.9 Å². The zero-order valence-electron chi connectivity index (χ0n) is 11.1. The third-order valence-electron chi connectivity index (χ3n) is 4.26. The van der Waals surface area contributed by atoms with Gasteiger partial charge in [-0.1, -0.05) is 0 Å². The van der Waals surface area contributed by atoms with E-state index in [1.54, 1.807) is 0 Å². The van der Waals surface area contributed by atoms with Crippen molar-refractivity contribution in [2.24, 2.45) is 0 Å². The molecule has 2 aromatic heterocycles. The number of piperidine rings is 1. The van der Waals surface area contributed by atoms with Crippen molar-refractivity contribution in [3.05, 3.63) is 24.4 Å². The molecule has 2 aliphatic heterocycles. The number of aromatic amines is 1. The number of carbonyl (C=O) groups excluding carboxylic acids is 1. The summed E-state index contributed by atoms with van der Waals surface area (Å²) in [4.78, 5) is 21.2. The SMILES string of the molecule is O=C1NCC2(CCN(c3ccc4cc[nH]c4n3)CC2)O1. The van der Waals surface area contributed by atoms with E-state index in [0.29, 0.717) is 6.54 Å². The summed E-state index contributed by atoms with van der Waals surface area (Å²) in [6, 6.07) is 6.14. The highest BCUT2D eigenvalue weighted by Gasteiger charge is 2.43. The molecule has 6 nitrogen and oxygen atoms in total. The Hall–Kier alpha value is -2.24. The second-order valence-corrected chi connectivity index (χ2v) is 5.50. The second kappa shape index (κ2) is 4.13. The van der Waals surface area contributed by atoms with E-state index < -0.39 is 0 Å². The zero-order chi connectivity index (χ0) is 13.6. The summed E-state index contributed by atoms with van der Waals surface area (Å²) in [5.41, 5.74) is 0.612. The van der Waals surface area contributed by atoms with Crippen LogP contribution in [0.5, 0.6) is 0 Å². The predicted octanol–water partition coefficient (Wildman–Crippen LogP) is 1.64. The summed E-state index contributed by atoms with van der Waals surface area (Å²) in [7, 11) is 0. The summed E-state index contributed by atoms with van der Waals surface area (Å²) in [5, 5.41) is 3.88. The number of aromatic nitrogens is 2. The molecule has 104 valence electrons. The number of amides is 1. The number of H-pyrrole nitrogens is 1. The predicted molar refractivity (Wildman–Crippen MR) is 74.8 cm³/mol. The lowest BCUT2D eigenvalue weighted by Crippen LogP contribution is -2.46. The van der Waals surface area contributed by atoms with E-state index in [0.717, 1.165) is 42.8 Å². The molecule has 2 aliphatic rings. The van der Waals surface area contributed by atoms with Crippen molar-refractivity contribution < 1.29 is 9.53 Å². The third-order valence-corrected chi connectivity index (χ3v) is 4.26. The largest absolute Gasteiger partial charge is 0.441 e. The number of hydrogen-bond donors (Lipinski definition) is 2. The molecule has 0 bridgehead atoms. The van der Waals surface area contributed by atoms with E-state index in [-0.39, 0.29) is 11.7 Å². The van der Waals surface area contributed by atoms with E-state index in [2.05, 4.69) is 26.3 Å². The van der Waals surface area contributed by atoms with Gasteiger partial charge in [0.15, 0.2) is 0 Å². The zero-order valence-corrected chi connectivity index (χ0v) is 11.1. The van der Waals surface area contributed by atoms with Gasteiger partial charge >= 0.3 is 6.09 Å². The normalized spacial score (nSPS) is 21.2. The Balaban J connectivity index is 1.52. The lowest BCUT2D eigenvalue weighted by Gasteiger charge is -2.37. The molecule has 1 amide bonds. The van der Waals surface area contributed by atoms with E-state index >= 15 is 0 Å². The van der Waals surface area contributed by atoms with E-state index in [1.807, 2.05) is 18.3 Å². The maximum atomic E-state index is 11.2. The van der Waals surface area contributed by atoms with Gasteiger partial charge in [-0.25, -0.2) is 9.78 Å². The molecule has 2 saturated heterocycles. The van der Waals surface area contributed by atoms with Crippen molar-refractivity contribution in [3.8, 4) is 0 Å². The van der Waals surface area contributed by atoms with Crippen LogP contribution in [0.3, 0.4) is 0 Å². The van der Waals surface area contributed by atoms with Crippen LogP contribution in [-0.4, -0.2) is 41.3 Å². The summed E-state index contributed by atoms with van der Waals surface area (Å²) in [6.07, 6.45) is 3.30. The molecule has 1 spiro atoms. The highest BCUT2D eigenvalue weighted by molar-refractivity contribution is 5.77. The Labute approximate surface area is 116 Å². The van der Waals surface area contributed by atoms with E-state index in [4.69, 9.17) is 4.74 Å². The quantitative estimate of drug-likeness (QED) is 0.828. The molecule has 4 rings (SSSR count).